The van der Waals surface area contributed by atoms with E-state index in [1.807, 2.05) is 6.08 Å². The summed E-state index contributed by atoms with van der Waals surface area (Å²) in [6.45, 7) is 9.97. The molecule has 222 valence electrons. The molecule has 0 unspecified atom stereocenters. The van der Waals surface area contributed by atoms with E-state index in [4.69, 9.17) is 14.2 Å². The Morgan fingerprint density at radius 3 is 2.60 bits per heavy atom. The molecule has 3 aliphatic heterocycles. The molecule has 0 saturated carbocycles. The fraction of sp³-hybridized carbons (Fsp3) is 0.688. The molecule has 4 rings (SSSR count). The van der Waals surface area contributed by atoms with Crippen molar-refractivity contribution in [2.75, 3.05) is 0 Å². The molecule has 0 aromatic rings. The standard InChI is InChI=1S/C32H46O8/c1-6-27-21(4)12-13-31(40-27)17-25-16-24(39-31)11-10-20(3)14-19(2)8-7-9-23(18-33)32(37)26(30(36)38-25)15-22(5)28(34)29(32)35/h7-10,15,18-19,21,24-29,34-35,37H,6,11-14,16-17H2,1-5H3/b8-7+,20-10+,23-9+/t19-,21-,24+,25-,26-,27+,28+,29+,31+,32+/m0/s1. The average Bonchev–Trinajstić information content (AvgIpc) is 2.91. The van der Waals surface area contributed by atoms with Crippen molar-refractivity contribution in [3.05, 3.63) is 47.1 Å². The van der Waals surface area contributed by atoms with Crippen LogP contribution in [0.25, 0.3) is 0 Å². The van der Waals surface area contributed by atoms with E-state index in [1.54, 1.807) is 13.0 Å². The van der Waals surface area contributed by atoms with E-state index in [-0.39, 0.29) is 23.7 Å². The van der Waals surface area contributed by atoms with Gasteiger partial charge in [0, 0.05) is 24.8 Å². The van der Waals surface area contributed by atoms with Crippen molar-refractivity contribution in [1.82, 2.24) is 0 Å². The number of hydrogen-bond acceptors (Lipinski definition) is 8. The van der Waals surface area contributed by atoms with Gasteiger partial charge in [0.25, 0.3) is 0 Å². The third-order valence-electron chi connectivity index (χ3n) is 9.16. The minimum Gasteiger partial charge on any atom is -0.462 e. The number of aldehydes is 1. The number of aliphatic hydroxyl groups is 3. The minimum atomic E-state index is -2.37. The second-order valence-electron chi connectivity index (χ2n) is 12.4. The predicted octanol–water partition coefficient (Wildman–Crippen LogP) is 4.09. The van der Waals surface area contributed by atoms with Gasteiger partial charge in [0.05, 0.1) is 12.2 Å². The van der Waals surface area contributed by atoms with Gasteiger partial charge in [-0.2, -0.15) is 0 Å². The second kappa shape index (κ2) is 12.4. The highest BCUT2D eigenvalue weighted by molar-refractivity contribution is 5.85. The first-order chi connectivity index (χ1) is 18.9. The maximum absolute atomic E-state index is 13.8. The molecular formula is C32H46O8. The Kier molecular flexibility index (Phi) is 9.57. The Bertz CT molecular complexity index is 1070. The van der Waals surface area contributed by atoms with Gasteiger partial charge in [-0.15, -0.1) is 0 Å². The first-order valence-corrected chi connectivity index (χ1v) is 14.7. The molecule has 0 amide bonds. The largest absolute Gasteiger partial charge is 0.462 e. The molecule has 2 fully saturated rings. The molecule has 1 spiro atoms. The molecule has 1 aliphatic carbocycles. The summed E-state index contributed by atoms with van der Waals surface area (Å²) >= 11 is 0. The zero-order valence-corrected chi connectivity index (χ0v) is 24.4. The summed E-state index contributed by atoms with van der Waals surface area (Å²) in [7, 11) is 0. The highest BCUT2D eigenvalue weighted by atomic mass is 16.7. The first-order valence-electron chi connectivity index (χ1n) is 14.7. The third kappa shape index (κ3) is 6.21. The Morgan fingerprint density at radius 1 is 1.15 bits per heavy atom. The van der Waals surface area contributed by atoms with Crippen molar-refractivity contribution in [3.63, 3.8) is 0 Å². The molecule has 10 atom stereocenters. The average molecular weight is 559 g/mol. The van der Waals surface area contributed by atoms with Crippen LogP contribution in [0.4, 0.5) is 0 Å². The van der Waals surface area contributed by atoms with Crippen molar-refractivity contribution in [2.45, 2.75) is 121 Å². The minimum absolute atomic E-state index is 0.0394. The third-order valence-corrected chi connectivity index (χ3v) is 9.16. The number of hydrogen-bond donors (Lipinski definition) is 3. The predicted molar refractivity (Wildman–Crippen MR) is 150 cm³/mol. The number of fused-ring (bicyclic) bond motifs is 3. The summed E-state index contributed by atoms with van der Waals surface area (Å²) in [6, 6.07) is 0. The fourth-order valence-electron chi connectivity index (χ4n) is 6.77. The highest BCUT2D eigenvalue weighted by Gasteiger charge is 2.56. The van der Waals surface area contributed by atoms with Crippen LogP contribution in [0, 0.1) is 17.8 Å². The van der Waals surface area contributed by atoms with Gasteiger partial charge in [0.2, 0.25) is 0 Å². The van der Waals surface area contributed by atoms with Crippen molar-refractivity contribution in [1.29, 1.82) is 0 Å². The lowest BCUT2D eigenvalue weighted by Crippen LogP contribution is -2.61. The summed E-state index contributed by atoms with van der Waals surface area (Å²) in [5.74, 6) is -2.50. The number of allylic oxidation sites excluding steroid dienone is 4. The van der Waals surface area contributed by atoms with Crippen LogP contribution in [0.1, 0.15) is 79.6 Å². The van der Waals surface area contributed by atoms with E-state index >= 15 is 0 Å². The van der Waals surface area contributed by atoms with Crippen LogP contribution in [0.3, 0.4) is 0 Å². The van der Waals surface area contributed by atoms with E-state index in [0.717, 1.165) is 19.3 Å². The number of aliphatic hydroxyl groups excluding tert-OH is 2. The lowest BCUT2D eigenvalue weighted by atomic mass is 9.69. The van der Waals surface area contributed by atoms with Gasteiger partial charge >= 0.3 is 5.97 Å². The maximum atomic E-state index is 13.8. The second-order valence-corrected chi connectivity index (χ2v) is 12.4. The summed E-state index contributed by atoms with van der Waals surface area (Å²) in [5.41, 5.74) is -1.07. The summed E-state index contributed by atoms with van der Waals surface area (Å²) in [4.78, 5) is 26.0. The van der Waals surface area contributed by atoms with Crippen LogP contribution in [0.2, 0.25) is 0 Å². The van der Waals surface area contributed by atoms with E-state index in [9.17, 15) is 24.9 Å². The molecule has 8 nitrogen and oxygen atoms in total. The molecule has 0 radical (unpaired) electrons. The fourth-order valence-corrected chi connectivity index (χ4v) is 6.77. The lowest BCUT2D eigenvalue weighted by Gasteiger charge is -2.50. The molecule has 3 heterocycles. The SMILES string of the molecule is CC[C@H]1O[C@]2(CC[C@@H]1C)C[C@@H]1C[C@@H](C/C=C(\C)C[C@@H](C)/C=C/C=C(\C=O)[C@]3(O)[C@H](O)[C@H](O)C(C)=C[C@H]3C(=O)O1)O2. The normalized spacial score (nSPS) is 46.6. The number of ether oxygens (including phenoxy) is 3. The summed E-state index contributed by atoms with van der Waals surface area (Å²) in [6.07, 6.45) is 9.70. The van der Waals surface area contributed by atoms with Crippen LogP contribution in [0.5, 0.6) is 0 Å². The molecule has 3 N–H and O–H groups in total. The zero-order chi connectivity index (χ0) is 29.2. The number of rotatable bonds is 2. The monoisotopic (exact) mass is 558 g/mol. The number of carbonyl (C=O) groups is 2. The number of esters is 1. The Hall–Kier alpha value is -2.10. The molecule has 0 aromatic carbocycles. The quantitative estimate of drug-likeness (QED) is 0.263. The van der Waals surface area contributed by atoms with E-state index < -0.39 is 41.6 Å². The maximum Gasteiger partial charge on any atom is 0.316 e. The first kappa shape index (κ1) is 30.8. The van der Waals surface area contributed by atoms with Crippen LogP contribution in [-0.4, -0.2) is 69.5 Å². The van der Waals surface area contributed by atoms with Crippen LogP contribution >= 0.6 is 0 Å². The molecule has 4 aliphatic rings. The molecule has 2 bridgehead atoms. The Morgan fingerprint density at radius 2 is 1.90 bits per heavy atom. The zero-order valence-electron chi connectivity index (χ0n) is 24.4. The molecule has 2 saturated heterocycles. The molecular weight excluding hydrogens is 512 g/mol. The van der Waals surface area contributed by atoms with Gasteiger partial charge in [0.1, 0.15) is 36.1 Å². The molecule has 8 heteroatoms. The summed E-state index contributed by atoms with van der Waals surface area (Å²) < 4.78 is 19.3. The van der Waals surface area contributed by atoms with Gasteiger partial charge < -0.3 is 29.5 Å². The molecule has 0 aromatic heterocycles. The van der Waals surface area contributed by atoms with Crippen LogP contribution in [-0.2, 0) is 23.8 Å². The van der Waals surface area contributed by atoms with Gasteiger partial charge in [0.15, 0.2) is 5.79 Å². The van der Waals surface area contributed by atoms with E-state index in [0.29, 0.717) is 43.5 Å². The van der Waals surface area contributed by atoms with Crippen molar-refractivity contribution in [2.24, 2.45) is 17.8 Å². The Balaban J connectivity index is 1.75. The van der Waals surface area contributed by atoms with Crippen LogP contribution < -0.4 is 0 Å². The van der Waals surface area contributed by atoms with Gasteiger partial charge in [-0.3, -0.25) is 9.59 Å². The van der Waals surface area contributed by atoms with Crippen molar-refractivity contribution in [3.8, 4) is 0 Å². The van der Waals surface area contributed by atoms with Gasteiger partial charge in [-0.1, -0.05) is 56.7 Å². The van der Waals surface area contributed by atoms with Crippen molar-refractivity contribution >= 4 is 12.3 Å². The molecule has 40 heavy (non-hydrogen) atoms. The number of carbonyl (C=O) groups excluding carboxylic acids is 2. The Labute approximate surface area is 237 Å². The summed E-state index contributed by atoms with van der Waals surface area (Å²) in [5, 5.41) is 33.5. The topological polar surface area (TPSA) is 123 Å². The lowest BCUT2D eigenvalue weighted by molar-refractivity contribution is -0.335. The van der Waals surface area contributed by atoms with Gasteiger partial charge in [-0.05, 0) is 56.9 Å². The van der Waals surface area contributed by atoms with E-state index in [1.165, 1.54) is 17.7 Å². The van der Waals surface area contributed by atoms with Crippen molar-refractivity contribution < 1.29 is 39.1 Å². The van der Waals surface area contributed by atoms with Crippen LogP contribution in [0.15, 0.2) is 47.1 Å². The smallest absolute Gasteiger partial charge is 0.316 e. The van der Waals surface area contributed by atoms with E-state index in [2.05, 4.69) is 33.8 Å². The van der Waals surface area contributed by atoms with Gasteiger partial charge in [-0.25, -0.2) is 0 Å². The highest BCUT2D eigenvalue weighted by Crippen LogP contribution is 2.45.